The summed E-state index contributed by atoms with van der Waals surface area (Å²) in [5, 5.41) is -0.198. The van der Waals surface area contributed by atoms with E-state index in [1.54, 1.807) is 6.08 Å². The number of carbonyl (C=O) groups is 2. The summed E-state index contributed by atoms with van der Waals surface area (Å²) >= 11 is 0.987. The quantitative estimate of drug-likeness (QED) is 0.654. The Morgan fingerprint density at radius 3 is 2.46 bits per heavy atom. The highest BCUT2D eigenvalue weighted by atomic mass is 32.2. The van der Waals surface area contributed by atoms with Crippen LogP contribution in [0.2, 0.25) is 0 Å². The molecule has 0 atom stereocenters. The molecule has 1 aliphatic rings. The Hall–Kier alpha value is -1.95. The average Bonchev–Trinajstić information content (AvgIpc) is 2.82. The number of thioether (sulfide) groups is 1. The molecule has 0 bridgehead atoms. The lowest BCUT2D eigenvalue weighted by atomic mass is 10.2. The molecule has 130 valence electrons. The number of benzene rings is 1. The normalized spacial score (nSPS) is 16.1. The van der Waals surface area contributed by atoms with Gasteiger partial charge in [0, 0.05) is 6.54 Å². The van der Waals surface area contributed by atoms with E-state index in [0.29, 0.717) is 36.2 Å². The number of nitrogens with zero attached hydrogens (tertiary/aromatic N) is 1. The second-order valence-electron chi connectivity index (χ2n) is 5.26. The van der Waals surface area contributed by atoms with Crippen LogP contribution in [0.1, 0.15) is 39.2 Å². The highest BCUT2D eigenvalue weighted by Gasteiger charge is 2.34. The number of carbonyl (C=O) groups excluding carboxylic acids is 2. The van der Waals surface area contributed by atoms with E-state index in [1.807, 2.05) is 39.0 Å². The summed E-state index contributed by atoms with van der Waals surface area (Å²) in [4.78, 5) is 26.1. The van der Waals surface area contributed by atoms with E-state index in [1.165, 1.54) is 4.90 Å². The molecule has 1 aliphatic heterocycles. The lowest BCUT2D eigenvalue weighted by Crippen LogP contribution is -2.29. The number of unbranched alkanes of at least 4 members (excludes halogenated alkanes) is 1. The fraction of sp³-hybridized carbons (Fsp3) is 0.444. The molecule has 0 aliphatic carbocycles. The van der Waals surface area contributed by atoms with Gasteiger partial charge in [0.25, 0.3) is 11.1 Å². The van der Waals surface area contributed by atoms with Gasteiger partial charge in [-0.2, -0.15) is 0 Å². The van der Waals surface area contributed by atoms with Gasteiger partial charge in [-0.15, -0.1) is 0 Å². The molecule has 5 nitrogen and oxygen atoms in total. The van der Waals surface area contributed by atoms with E-state index in [0.717, 1.165) is 30.2 Å². The van der Waals surface area contributed by atoms with E-state index in [9.17, 15) is 9.59 Å². The number of imide groups is 1. The zero-order chi connectivity index (χ0) is 17.5. The molecule has 0 unspecified atom stereocenters. The van der Waals surface area contributed by atoms with Gasteiger partial charge in [0.2, 0.25) is 0 Å². The summed E-state index contributed by atoms with van der Waals surface area (Å²) in [6, 6.07) is 5.50. The highest BCUT2D eigenvalue weighted by Crippen LogP contribution is 2.34. The maximum atomic E-state index is 12.4. The van der Waals surface area contributed by atoms with E-state index >= 15 is 0 Å². The maximum Gasteiger partial charge on any atom is 0.293 e. The van der Waals surface area contributed by atoms with Crippen LogP contribution in [0.3, 0.4) is 0 Å². The second-order valence-corrected chi connectivity index (χ2v) is 6.25. The molecule has 0 radical (unpaired) electrons. The fourth-order valence-electron chi connectivity index (χ4n) is 2.32. The van der Waals surface area contributed by atoms with Crippen molar-refractivity contribution in [1.29, 1.82) is 0 Å². The Labute approximate surface area is 147 Å². The van der Waals surface area contributed by atoms with Gasteiger partial charge in [-0.3, -0.25) is 14.5 Å². The standard InChI is InChI=1S/C18H23NO4S/c1-4-7-10-19-17(20)16(24-18(19)21)12-13-8-9-14(22-5-2)15(11-13)23-6-3/h8-9,11-12H,4-7,10H2,1-3H3/b16-12-. The summed E-state index contributed by atoms with van der Waals surface area (Å²) in [5.74, 6) is 1.09. The van der Waals surface area contributed by atoms with E-state index in [2.05, 4.69) is 0 Å². The van der Waals surface area contributed by atoms with Crippen LogP contribution in [-0.2, 0) is 4.79 Å². The molecule has 1 heterocycles. The fourth-order valence-corrected chi connectivity index (χ4v) is 3.18. The number of hydrogen-bond donors (Lipinski definition) is 0. The third kappa shape index (κ3) is 4.32. The molecule has 1 fully saturated rings. The van der Waals surface area contributed by atoms with Crippen LogP contribution in [-0.4, -0.2) is 35.8 Å². The first-order valence-corrected chi connectivity index (χ1v) is 9.07. The van der Waals surface area contributed by atoms with Crippen molar-refractivity contribution in [3.8, 4) is 11.5 Å². The Morgan fingerprint density at radius 2 is 1.79 bits per heavy atom. The van der Waals surface area contributed by atoms with Crippen LogP contribution in [0, 0.1) is 0 Å². The summed E-state index contributed by atoms with van der Waals surface area (Å²) in [5.41, 5.74) is 0.808. The summed E-state index contributed by atoms with van der Waals surface area (Å²) in [6.07, 6.45) is 3.50. The third-order valence-corrected chi connectivity index (χ3v) is 4.38. The van der Waals surface area contributed by atoms with Gasteiger partial charge in [0.1, 0.15) is 0 Å². The van der Waals surface area contributed by atoms with Crippen LogP contribution in [0.4, 0.5) is 4.79 Å². The summed E-state index contributed by atoms with van der Waals surface area (Å²) < 4.78 is 11.1. The minimum Gasteiger partial charge on any atom is -0.490 e. The van der Waals surface area contributed by atoms with Gasteiger partial charge in [-0.25, -0.2) is 0 Å². The van der Waals surface area contributed by atoms with Crippen molar-refractivity contribution in [3.63, 3.8) is 0 Å². The Bertz CT molecular complexity index is 642. The SMILES string of the molecule is CCCCN1C(=O)S/C(=C\c2ccc(OCC)c(OCC)c2)C1=O. The van der Waals surface area contributed by atoms with Crippen LogP contribution in [0.25, 0.3) is 6.08 Å². The molecule has 0 spiro atoms. The van der Waals surface area contributed by atoms with Crippen LogP contribution in [0.15, 0.2) is 23.1 Å². The van der Waals surface area contributed by atoms with Gasteiger partial charge >= 0.3 is 0 Å². The number of amides is 2. The van der Waals surface area contributed by atoms with Crippen molar-refractivity contribution >= 4 is 29.0 Å². The molecule has 0 N–H and O–H groups in total. The molecule has 0 aromatic heterocycles. The molecular formula is C18H23NO4S. The minimum atomic E-state index is -0.217. The van der Waals surface area contributed by atoms with Crippen molar-refractivity contribution in [3.05, 3.63) is 28.7 Å². The van der Waals surface area contributed by atoms with E-state index in [4.69, 9.17) is 9.47 Å². The summed E-state index contributed by atoms with van der Waals surface area (Å²) in [6.45, 7) is 7.40. The van der Waals surface area contributed by atoms with Gasteiger partial charge in [-0.1, -0.05) is 19.4 Å². The molecule has 2 rings (SSSR count). The Kier molecular flexibility index (Phi) is 6.73. The van der Waals surface area contributed by atoms with Crippen molar-refractivity contribution in [2.45, 2.75) is 33.6 Å². The molecule has 1 saturated heterocycles. The first kappa shape index (κ1) is 18.4. The highest BCUT2D eigenvalue weighted by molar-refractivity contribution is 8.18. The van der Waals surface area contributed by atoms with Crippen molar-refractivity contribution in [2.24, 2.45) is 0 Å². The molecular weight excluding hydrogens is 326 g/mol. The predicted octanol–water partition coefficient (Wildman–Crippen LogP) is 4.32. The van der Waals surface area contributed by atoms with Crippen LogP contribution in [0.5, 0.6) is 11.5 Å². The van der Waals surface area contributed by atoms with Gasteiger partial charge in [0.05, 0.1) is 18.1 Å². The van der Waals surface area contributed by atoms with Crippen LogP contribution < -0.4 is 9.47 Å². The van der Waals surface area contributed by atoms with Crippen molar-refractivity contribution in [1.82, 2.24) is 4.90 Å². The smallest absolute Gasteiger partial charge is 0.293 e. The molecule has 1 aromatic rings. The molecule has 24 heavy (non-hydrogen) atoms. The Morgan fingerprint density at radius 1 is 1.08 bits per heavy atom. The number of ether oxygens (including phenoxy) is 2. The minimum absolute atomic E-state index is 0.198. The van der Waals surface area contributed by atoms with Crippen molar-refractivity contribution in [2.75, 3.05) is 19.8 Å². The van der Waals surface area contributed by atoms with Crippen molar-refractivity contribution < 1.29 is 19.1 Å². The predicted molar refractivity (Wildman–Crippen MR) is 96.4 cm³/mol. The zero-order valence-electron chi connectivity index (χ0n) is 14.3. The Balaban J connectivity index is 2.23. The second kappa shape index (κ2) is 8.78. The largest absolute Gasteiger partial charge is 0.490 e. The number of rotatable bonds is 8. The monoisotopic (exact) mass is 349 g/mol. The van der Waals surface area contributed by atoms with E-state index in [-0.39, 0.29) is 11.1 Å². The maximum absolute atomic E-state index is 12.4. The summed E-state index contributed by atoms with van der Waals surface area (Å²) in [7, 11) is 0. The third-order valence-electron chi connectivity index (χ3n) is 3.47. The topological polar surface area (TPSA) is 55.8 Å². The molecule has 1 aromatic carbocycles. The van der Waals surface area contributed by atoms with Gasteiger partial charge in [0.15, 0.2) is 11.5 Å². The molecule has 2 amide bonds. The lowest BCUT2D eigenvalue weighted by molar-refractivity contribution is -0.122. The zero-order valence-corrected chi connectivity index (χ0v) is 15.1. The van der Waals surface area contributed by atoms with E-state index < -0.39 is 0 Å². The average molecular weight is 349 g/mol. The lowest BCUT2D eigenvalue weighted by Gasteiger charge is -2.12. The van der Waals surface area contributed by atoms with Gasteiger partial charge < -0.3 is 9.47 Å². The molecule has 0 saturated carbocycles. The first-order valence-electron chi connectivity index (χ1n) is 8.25. The van der Waals surface area contributed by atoms with Crippen LogP contribution >= 0.6 is 11.8 Å². The number of hydrogen-bond acceptors (Lipinski definition) is 5. The van der Waals surface area contributed by atoms with Gasteiger partial charge in [-0.05, 0) is 55.8 Å². The molecule has 6 heteroatoms. The first-order chi connectivity index (χ1) is 11.6.